The van der Waals surface area contributed by atoms with Crippen LogP contribution in [-0.4, -0.2) is 27.6 Å². The number of amides is 1. The first kappa shape index (κ1) is 14.9. The molecule has 4 N–H and O–H groups in total. The van der Waals surface area contributed by atoms with Gasteiger partial charge < -0.3 is 20.4 Å². The summed E-state index contributed by atoms with van der Waals surface area (Å²) in [6.07, 6.45) is 1.61. The number of rotatable bonds is 3. The zero-order valence-electron chi connectivity index (χ0n) is 10.9. The summed E-state index contributed by atoms with van der Waals surface area (Å²) >= 11 is 5.90. The van der Waals surface area contributed by atoms with Crippen molar-refractivity contribution in [2.75, 3.05) is 11.9 Å². The van der Waals surface area contributed by atoms with Gasteiger partial charge in [-0.3, -0.25) is 4.79 Å². The second-order valence-electron chi connectivity index (χ2n) is 4.08. The highest BCUT2D eigenvalue weighted by molar-refractivity contribution is 6.30. The predicted molar refractivity (Wildman–Crippen MR) is 79.4 cm³/mol. The number of nitrogens with one attached hydrogen (secondary N) is 3. The summed E-state index contributed by atoms with van der Waals surface area (Å²) < 4.78 is 0. The molecule has 21 heavy (non-hydrogen) atoms. The van der Waals surface area contributed by atoms with Crippen LogP contribution < -0.4 is 11.0 Å². The van der Waals surface area contributed by atoms with Crippen molar-refractivity contribution in [2.24, 2.45) is 0 Å². The van der Waals surface area contributed by atoms with Crippen molar-refractivity contribution in [3.05, 3.63) is 51.2 Å². The Labute approximate surface area is 125 Å². The Bertz CT molecular complexity index is 768. The van der Waals surface area contributed by atoms with Gasteiger partial charge >= 0.3 is 5.69 Å². The minimum atomic E-state index is -0.471. The number of H-pyrrole nitrogens is 2. The van der Waals surface area contributed by atoms with E-state index in [2.05, 4.69) is 27.1 Å². The monoisotopic (exact) mass is 305 g/mol. The lowest BCUT2D eigenvalue weighted by atomic mass is 10.1. The number of aromatic amines is 2. The Morgan fingerprint density at radius 3 is 2.90 bits per heavy atom. The fourth-order valence-electron chi connectivity index (χ4n) is 1.59. The van der Waals surface area contributed by atoms with Crippen molar-refractivity contribution in [2.45, 2.75) is 6.42 Å². The largest absolute Gasteiger partial charge is 0.395 e. The quantitative estimate of drug-likeness (QED) is 0.644. The van der Waals surface area contributed by atoms with Crippen molar-refractivity contribution in [3.8, 4) is 11.8 Å². The van der Waals surface area contributed by atoms with Gasteiger partial charge in [0, 0.05) is 23.2 Å². The van der Waals surface area contributed by atoms with E-state index in [0.717, 1.165) is 0 Å². The maximum atomic E-state index is 12.0. The maximum absolute atomic E-state index is 12.0. The highest BCUT2D eigenvalue weighted by Crippen LogP contribution is 2.20. The van der Waals surface area contributed by atoms with Crippen molar-refractivity contribution in [3.63, 3.8) is 0 Å². The van der Waals surface area contributed by atoms with Crippen molar-refractivity contribution in [1.29, 1.82) is 0 Å². The number of imidazole rings is 1. The number of carbonyl (C=O) groups is 1. The molecule has 1 aromatic carbocycles. The van der Waals surface area contributed by atoms with E-state index >= 15 is 0 Å². The third kappa shape index (κ3) is 3.99. The molecule has 1 amide bonds. The lowest BCUT2D eigenvalue weighted by Crippen LogP contribution is -2.14. The van der Waals surface area contributed by atoms with Gasteiger partial charge in [-0.2, -0.15) is 0 Å². The van der Waals surface area contributed by atoms with Crippen LogP contribution in [0, 0.1) is 11.8 Å². The summed E-state index contributed by atoms with van der Waals surface area (Å²) in [6, 6.07) is 4.85. The number of anilines is 1. The molecule has 0 aliphatic heterocycles. The second kappa shape index (κ2) is 6.79. The van der Waals surface area contributed by atoms with Gasteiger partial charge in [-0.1, -0.05) is 23.4 Å². The van der Waals surface area contributed by atoms with Gasteiger partial charge in [0.15, 0.2) is 0 Å². The molecule has 6 nitrogen and oxygen atoms in total. The summed E-state index contributed by atoms with van der Waals surface area (Å²) in [7, 11) is 0. The molecule has 2 aromatic rings. The molecule has 0 fully saturated rings. The van der Waals surface area contributed by atoms with Crippen LogP contribution >= 0.6 is 11.6 Å². The smallest absolute Gasteiger partial charge is 0.323 e. The Morgan fingerprint density at radius 1 is 1.43 bits per heavy atom. The molecule has 0 aliphatic rings. The molecule has 0 bridgehead atoms. The summed E-state index contributed by atoms with van der Waals surface area (Å²) in [4.78, 5) is 27.7. The molecule has 0 aliphatic carbocycles. The summed E-state index contributed by atoms with van der Waals surface area (Å²) in [6.45, 7) is -0.0418. The fraction of sp³-hybridized carbons (Fsp3) is 0.143. The maximum Gasteiger partial charge on any atom is 0.323 e. The minimum Gasteiger partial charge on any atom is -0.395 e. The van der Waals surface area contributed by atoms with Crippen LogP contribution in [0.1, 0.15) is 22.5 Å². The average molecular weight is 306 g/mol. The highest BCUT2D eigenvalue weighted by Gasteiger charge is 2.10. The van der Waals surface area contributed by atoms with Crippen LogP contribution in [0.25, 0.3) is 0 Å². The summed E-state index contributed by atoms with van der Waals surface area (Å²) in [5.41, 5.74) is 0.655. The molecule has 108 valence electrons. The number of aliphatic hydroxyl groups excluding tert-OH is 1. The van der Waals surface area contributed by atoms with Crippen LogP contribution in [0.4, 0.5) is 5.69 Å². The lowest BCUT2D eigenvalue weighted by molar-refractivity contribution is 0.102. The number of benzene rings is 1. The van der Waals surface area contributed by atoms with Gasteiger partial charge in [0.1, 0.15) is 5.69 Å². The van der Waals surface area contributed by atoms with E-state index in [0.29, 0.717) is 22.7 Å². The predicted octanol–water partition coefficient (Wildman–Crippen LogP) is 1.34. The first-order chi connectivity index (χ1) is 10.1. The van der Waals surface area contributed by atoms with Crippen LogP contribution in [0.2, 0.25) is 5.02 Å². The number of aliphatic hydroxyl groups is 1. The molecular formula is C14H12ClN3O3. The van der Waals surface area contributed by atoms with Crippen molar-refractivity contribution < 1.29 is 9.90 Å². The third-order valence-corrected chi connectivity index (χ3v) is 2.77. The molecule has 2 rings (SSSR count). The molecule has 1 heterocycles. The topological polar surface area (TPSA) is 98.0 Å². The molecule has 0 spiro atoms. The number of hydrogen-bond donors (Lipinski definition) is 4. The minimum absolute atomic E-state index is 0.0418. The Kier molecular flexibility index (Phi) is 4.82. The Balaban J connectivity index is 2.25. The highest BCUT2D eigenvalue weighted by atomic mass is 35.5. The number of carbonyl (C=O) groups excluding carboxylic acids is 1. The van der Waals surface area contributed by atoms with Crippen LogP contribution in [-0.2, 0) is 0 Å². The summed E-state index contributed by atoms with van der Waals surface area (Å²) in [5.74, 6) is 5.12. The average Bonchev–Trinajstić information content (AvgIpc) is 2.88. The second-order valence-corrected chi connectivity index (χ2v) is 4.51. The first-order valence-electron chi connectivity index (χ1n) is 6.08. The van der Waals surface area contributed by atoms with E-state index in [1.165, 1.54) is 6.20 Å². The fourth-order valence-corrected chi connectivity index (χ4v) is 1.76. The van der Waals surface area contributed by atoms with Gasteiger partial charge in [0.2, 0.25) is 0 Å². The molecule has 0 saturated carbocycles. The van der Waals surface area contributed by atoms with E-state index in [1.54, 1.807) is 18.2 Å². The summed E-state index contributed by atoms with van der Waals surface area (Å²) in [5, 5.41) is 11.9. The van der Waals surface area contributed by atoms with Crippen molar-refractivity contribution in [1.82, 2.24) is 9.97 Å². The van der Waals surface area contributed by atoms with E-state index in [9.17, 15) is 9.59 Å². The molecule has 0 radical (unpaired) electrons. The number of aromatic nitrogens is 2. The molecule has 0 saturated heterocycles. The first-order valence-corrected chi connectivity index (χ1v) is 6.46. The van der Waals surface area contributed by atoms with E-state index < -0.39 is 11.6 Å². The third-order valence-electron chi connectivity index (χ3n) is 2.53. The molecule has 1 aromatic heterocycles. The molecular weight excluding hydrogens is 294 g/mol. The van der Waals surface area contributed by atoms with E-state index in [-0.39, 0.29) is 12.3 Å². The van der Waals surface area contributed by atoms with E-state index in [4.69, 9.17) is 16.7 Å². The van der Waals surface area contributed by atoms with Gasteiger partial charge in [0.05, 0.1) is 12.3 Å². The Hall–Kier alpha value is -2.49. The zero-order chi connectivity index (χ0) is 15.2. The van der Waals surface area contributed by atoms with Crippen LogP contribution in [0.15, 0.2) is 29.2 Å². The molecule has 7 heteroatoms. The van der Waals surface area contributed by atoms with Gasteiger partial charge in [-0.25, -0.2) is 4.79 Å². The standard InChI is InChI=1S/C14H12ClN3O3/c15-10-4-5-11(9(7-10)3-1-2-6-19)17-13(20)12-8-16-14(21)18-12/h4-5,7-8,19H,2,6H2,(H,17,20)(H2,16,18,21). The molecule has 0 atom stereocenters. The number of halogens is 1. The SMILES string of the molecule is O=C(Nc1ccc(Cl)cc1C#CCCO)c1c[nH]c(=O)[nH]1. The van der Waals surface area contributed by atoms with Gasteiger partial charge in [-0.05, 0) is 18.2 Å². The van der Waals surface area contributed by atoms with E-state index in [1.807, 2.05) is 0 Å². The van der Waals surface area contributed by atoms with Crippen LogP contribution in [0.5, 0.6) is 0 Å². The van der Waals surface area contributed by atoms with Gasteiger partial charge in [0.25, 0.3) is 5.91 Å². The lowest BCUT2D eigenvalue weighted by Gasteiger charge is -2.06. The molecule has 0 unspecified atom stereocenters. The Morgan fingerprint density at radius 2 is 2.24 bits per heavy atom. The number of hydrogen-bond acceptors (Lipinski definition) is 3. The van der Waals surface area contributed by atoms with Crippen LogP contribution in [0.3, 0.4) is 0 Å². The van der Waals surface area contributed by atoms with Crippen molar-refractivity contribution >= 4 is 23.2 Å². The normalized spacial score (nSPS) is 9.81. The van der Waals surface area contributed by atoms with Gasteiger partial charge in [-0.15, -0.1) is 0 Å². The zero-order valence-corrected chi connectivity index (χ0v) is 11.6.